The van der Waals surface area contributed by atoms with E-state index in [1.807, 2.05) is 71.5 Å². The molecule has 0 radical (unpaired) electrons. The van der Waals surface area contributed by atoms with Crippen molar-refractivity contribution in [1.29, 1.82) is 0 Å². The normalized spacial score (nSPS) is 15.4. The van der Waals surface area contributed by atoms with E-state index < -0.39 is 5.97 Å². The molecule has 1 aromatic carbocycles. The summed E-state index contributed by atoms with van der Waals surface area (Å²) in [6.07, 6.45) is 12.3. The van der Waals surface area contributed by atoms with Crippen LogP contribution in [-0.4, -0.2) is 38.5 Å². The average Bonchev–Trinajstić information content (AvgIpc) is 3.50. The van der Waals surface area contributed by atoms with Gasteiger partial charge in [-0.1, -0.05) is 12.1 Å². The second-order valence-electron chi connectivity index (χ2n) is 7.97. The van der Waals surface area contributed by atoms with Crippen molar-refractivity contribution in [3.63, 3.8) is 0 Å². The van der Waals surface area contributed by atoms with Crippen molar-refractivity contribution in [1.82, 2.24) is 19.0 Å². The molecule has 0 amide bonds. The van der Waals surface area contributed by atoms with Crippen LogP contribution in [0.15, 0.2) is 84.6 Å². The first-order valence-corrected chi connectivity index (χ1v) is 11.9. The van der Waals surface area contributed by atoms with Gasteiger partial charge in [0.15, 0.2) is 0 Å². The van der Waals surface area contributed by atoms with Crippen molar-refractivity contribution in [2.45, 2.75) is 18.8 Å². The van der Waals surface area contributed by atoms with Gasteiger partial charge in [0.25, 0.3) is 0 Å². The summed E-state index contributed by atoms with van der Waals surface area (Å²) < 4.78 is 11.1. The molecule has 2 aliphatic heterocycles. The summed E-state index contributed by atoms with van der Waals surface area (Å²) in [4.78, 5) is 19.3. The quantitative estimate of drug-likeness (QED) is 0.246. The molecule has 2 aromatic heterocycles. The number of ether oxygens (including phenoxy) is 1. The fraction of sp³-hybridized carbons (Fsp3) is 0.200. The highest BCUT2D eigenvalue weighted by Crippen LogP contribution is 2.42. The summed E-state index contributed by atoms with van der Waals surface area (Å²) in [7, 11) is 0. The van der Waals surface area contributed by atoms with Gasteiger partial charge in [-0.05, 0) is 47.9 Å². The minimum Gasteiger partial charge on any atom is -0.493 e. The van der Waals surface area contributed by atoms with Crippen molar-refractivity contribution >= 4 is 34.8 Å². The third-order valence-corrected chi connectivity index (χ3v) is 6.49. The Kier molecular flexibility index (Phi) is 6.44. The Morgan fingerprint density at radius 2 is 2.24 bits per heavy atom. The van der Waals surface area contributed by atoms with Crippen LogP contribution < -0.4 is 14.8 Å². The van der Waals surface area contributed by atoms with Gasteiger partial charge in [0, 0.05) is 54.2 Å². The number of aromatic nitrogens is 2. The van der Waals surface area contributed by atoms with Crippen LogP contribution in [0.2, 0.25) is 0 Å². The number of aromatic amines is 1. The van der Waals surface area contributed by atoms with Crippen molar-refractivity contribution in [2.75, 3.05) is 18.5 Å². The van der Waals surface area contributed by atoms with Crippen LogP contribution in [0.1, 0.15) is 24.3 Å². The van der Waals surface area contributed by atoms with Crippen LogP contribution >= 0.6 is 12.1 Å². The van der Waals surface area contributed by atoms with Gasteiger partial charge in [0.2, 0.25) is 0 Å². The maximum atomic E-state index is 11.8. The van der Waals surface area contributed by atoms with Crippen molar-refractivity contribution in [2.24, 2.45) is 0 Å². The first-order valence-electron chi connectivity index (χ1n) is 11.1. The number of allylic oxidation sites excluding steroid dienone is 3. The van der Waals surface area contributed by atoms with Crippen LogP contribution in [0.4, 0.5) is 5.82 Å². The number of H-pyrrole nitrogens is 1. The summed E-state index contributed by atoms with van der Waals surface area (Å²) in [5, 5.41) is 13.9. The van der Waals surface area contributed by atoms with Gasteiger partial charge in [0.1, 0.15) is 11.6 Å². The van der Waals surface area contributed by atoms with E-state index in [1.165, 1.54) is 12.1 Å². The van der Waals surface area contributed by atoms with Gasteiger partial charge in [-0.15, -0.1) is 0 Å². The molecule has 34 heavy (non-hydrogen) atoms. The van der Waals surface area contributed by atoms with Crippen LogP contribution in [0.5, 0.6) is 5.75 Å². The number of aliphatic carboxylic acids is 1. The first kappa shape index (κ1) is 22.0. The number of anilines is 1. The molecule has 1 atom stereocenters. The Labute approximate surface area is 201 Å². The zero-order chi connectivity index (χ0) is 23.3. The molecule has 3 aromatic rings. The molecule has 0 aliphatic carbocycles. The highest BCUT2D eigenvalue weighted by molar-refractivity contribution is 7.95. The molecule has 4 N–H and O–H groups in total. The predicted molar refractivity (Wildman–Crippen MR) is 134 cm³/mol. The zero-order valence-corrected chi connectivity index (χ0v) is 19.2. The second kappa shape index (κ2) is 9.96. The van der Waals surface area contributed by atoms with Crippen molar-refractivity contribution in [3.8, 4) is 5.75 Å². The second-order valence-corrected chi connectivity index (χ2v) is 8.79. The minimum atomic E-state index is -0.833. The highest BCUT2D eigenvalue weighted by Gasteiger charge is 2.30. The maximum Gasteiger partial charge on any atom is 0.304 e. The molecule has 8 nitrogen and oxygen atoms in total. The van der Waals surface area contributed by atoms with Crippen LogP contribution in [0.25, 0.3) is 10.9 Å². The van der Waals surface area contributed by atoms with Gasteiger partial charge in [0.05, 0.1) is 30.9 Å². The SMILES string of the molecule is O=C(O)CC(C1=CC=CN2SNC=C12)c1c[nH]c2cc(OCCCNc3ccccn3)ccc12. The van der Waals surface area contributed by atoms with E-state index in [4.69, 9.17) is 4.74 Å². The summed E-state index contributed by atoms with van der Waals surface area (Å²) in [6, 6.07) is 11.7. The smallest absolute Gasteiger partial charge is 0.304 e. The van der Waals surface area contributed by atoms with E-state index in [2.05, 4.69) is 20.0 Å². The lowest BCUT2D eigenvalue weighted by Crippen LogP contribution is -2.17. The molecule has 0 saturated heterocycles. The number of nitrogens with one attached hydrogen (secondary N) is 3. The molecule has 174 valence electrons. The van der Waals surface area contributed by atoms with Crippen LogP contribution in [-0.2, 0) is 4.79 Å². The number of hydrogen-bond donors (Lipinski definition) is 4. The number of carbonyl (C=O) groups is 1. The fourth-order valence-corrected chi connectivity index (χ4v) is 4.86. The van der Waals surface area contributed by atoms with Crippen molar-refractivity contribution < 1.29 is 14.6 Å². The molecule has 9 heteroatoms. The Morgan fingerprint density at radius 1 is 1.29 bits per heavy atom. The van der Waals surface area contributed by atoms with Gasteiger partial charge < -0.3 is 24.9 Å². The molecular formula is C25H25N5O3S. The lowest BCUT2D eigenvalue weighted by atomic mass is 9.85. The highest BCUT2D eigenvalue weighted by atomic mass is 32.2. The molecule has 4 heterocycles. The lowest BCUT2D eigenvalue weighted by Gasteiger charge is -2.26. The molecular weight excluding hydrogens is 450 g/mol. The predicted octanol–water partition coefficient (Wildman–Crippen LogP) is 4.77. The minimum absolute atomic E-state index is 0.00396. The molecule has 1 unspecified atom stereocenters. The summed E-state index contributed by atoms with van der Waals surface area (Å²) >= 11 is 1.46. The molecule has 5 rings (SSSR count). The largest absolute Gasteiger partial charge is 0.493 e. The van der Waals surface area contributed by atoms with E-state index in [-0.39, 0.29) is 12.3 Å². The third kappa shape index (κ3) is 4.74. The number of rotatable bonds is 10. The van der Waals surface area contributed by atoms with Crippen LogP contribution in [0, 0.1) is 0 Å². The van der Waals surface area contributed by atoms with E-state index in [0.717, 1.165) is 52.3 Å². The zero-order valence-electron chi connectivity index (χ0n) is 18.4. The number of pyridine rings is 1. The molecule has 0 bridgehead atoms. The van der Waals surface area contributed by atoms with Gasteiger partial charge in [-0.2, -0.15) is 0 Å². The summed E-state index contributed by atoms with van der Waals surface area (Å²) in [6.45, 7) is 1.35. The van der Waals surface area contributed by atoms with Gasteiger partial charge >= 0.3 is 5.97 Å². The molecule has 0 fully saturated rings. The fourth-order valence-electron chi connectivity index (χ4n) is 4.19. The molecule has 2 aliphatic rings. The maximum absolute atomic E-state index is 11.8. The van der Waals surface area contributed by atoms with E-state index >= 15 is 0 Å². The van der Waals surface area contributed by atoms with Crippen LogP contribution in [0.3, 0.4) is 0 Å². The Bertz CT molecular complexity index is 1270. The average molecular weight is 476 g/mol. The van der Waals surface area contributed by atoms with Gasteiger partial charge in [-0.25, -0.2) is 4.98 Å². The number of carboxylic acid groups (broad SMARTS) is 1. The molecule has 0 spiro atoms. The number of nitrogens with zero attached hydrogens (tertiary/aromatic N) is 2. The lowest BCUT2D eigenvalue weighted by molar-refractivity contribution is -0.137. The molecule has 0 saturated carbocycles. The Balaban J connectivity index is 1.28. The summed E-state index contributed by atoms with van der Waals surface area (Å²) in [5.41, 5.74) is 3.84. The number of carboxylic acids is 1. The first-order chi connectivity index (χ1) is 16.7. The monoisotopic (exact) mass is 475 g/mol. The third-order valence-electron chi connectivity index (χ3n) is 5.75. The Morgan fingerprint density at radius 3 is 3.09 bits per heavy atom. The Hall–Kier alpha value is -3.85. The van der Waals surface area contributed by atoms with E-state index in [1.54, 1.807) is 6.20 Å². The standard InChI is InChI=1S/C25H25N5O3S/c31-25(32)14-20(19-5-3-11-30-23(19)16-29-34-30)21-15-28-22-13-17(7-8-18(21)22)33-12-4-10-27-24-6-1-2-9-26-24/h1-3,5-9,11,13,15-16,20,28-29H,4,10,12,14H2,(H,26,27)(H,31,32). The van der Waals surface area contributed by atoms with Gasteiger partial charge in [-0.3, -0.25) is 9.10 Å². The number of fused-ring (bicyclic) bond motifs is 2. The topological polar surface area (TPSA) is 103 Å². The van der Waals surface area contributed by atoms with Crippen molar-refractivity contribution in [3.05, 3.63) is 90.2 Å². The van der Waals surface area contributed by atoms with E-state index in [0.29, 0.717) is 6.61 Å². The van der Waals surface area contributed by atoms with E-state index in [9.17, 15) is 9.90 Å². The number of benzene rings is 1. The number of hydrogen-bond acceptors (Lipinski definition) is 7. The summed E-state index contributed by atoms with van der Waals surface area (Å²) in [5.74, 6) is 0.515.